The van der Waals surface area contributed by atoms with Gasteiger partial charge in [-0.2, -0.15) is 0 Å². The Kier molecular flexibility index (Phi) is 5.15. The van der Waals surface area contributed by atoms with Gasteiger partial charge in [0.15, 0.2) is 5.75 Å². The zero-order chi connectivity index (χ0) is 18.0. The number of rotatable bonds is 4. The fraction of sp³-hybridized carbons (Fsp3) is 0.312. The number of hydrogen-bond donors (Lipinski definition) is 0. The highest BCUT2D eigenvalue weighted by Crippen LogP contribution is 2.32. The number of halogens is 2. The van der Waals surface area contributed by atoms with E-state index in [0.717, 1.165) is 31.9 Å². The summed E-state index contributed by atoms with van der Waals surface area (Å²) < 4.78 is 5.14. The molecule has 0 amide bonds. The van der Waals surface area contributed by atoms with Gasteiger partial charge in [0.2, 0.25) is 0 Å². The van der Waals surface area contributed by atoms with Gasteiger partial charge in [0.05, 0.1) is 22.1 Å². The van der Waals surface area contributed by atoms with Crippen LogP contribution in [0, 0.1) is 10.1 Å². The summed E-state index contributed by atoms with van der Waals surface area (Å²) in [5.74, 6) is 0.972. The molecule has 1 saturated heterocycles. The zero-order valence-electron chi connectivity index (χ0n) is 13.5. The number of benzene rings is 1. The molecule has 3 rings (SSSR count). The number of ether oxygens (including phenoxy) is 1. The van der Waals surface area contributed by atoms with Crippen molar-refractivity contribution in [1.29, 1.82) is 0 Å². The first-order chi connectivity index (χ1) is 12.0. The summed E-state index contributed by atoms with van der Waals surface area (Å²) in [5.41, 5.74) is 0.847. The van der Waals surface area contributed by atoms with E-state index in [1.165, 1.54) is 13.2 Å². The van der Waals surface area contributed by atoms with Gasteiger partial charge in [0, 0.05) is 50.2 Å². The molecule has 1 aliphatic heterocycles. The van der Waals surface area contributed by atoms with E-state index in [2.05, 4.69) is 14.8 Å². The minimum absolute atomic E-state index is 0.0398. The van der Waals surface area contributed by atoms with Gasteiger partial charge >= 0.3 is 5.69 Å². The first kappa shape index (κ1) is 17.6. The SMILES string of the molecule is COc1cc(N2CCN(c3ncc(Cl)cc3Cl)CC2)ccc1[N+](=O)[O-]. The molecule has 9 heteroatoms. The topological polar surface area (TPSA) is 71.7 Å². The lowest BCUT2D eigenvalue weighted by Gasteiger charge is -2.37. The second kappa shape index (κ2) is 7.33. The van der Waals surface area contributed by atoms with E-state index in [1.54, 1.807) is 24.4 Å². The number of nitrogens with zero attached hydrogens (tertiary/aromatic N) is 4. The molecule has 0 spiro atoms. The van der Waals surface area contributed by atoms with Crippen LogP contribution in [0.2, 0.25) is 10.0 Å². The van der Waals surface area contributed by atoms with Crippen molar-refractivity contribution in [2.24, 2.45) is 0 Å². The highest BCUT2D eigenvalue weighted by Gasteiger charge is 2.22. The second-order valence-electron chi connectivity index (χ2n) is 5.55. The van der Waals surface area contributed by atoms with Gasteiger partial charge in [-0.05, 0) is 12.1 Å². The Balaban J connectivity index is 1.73. The van der Waals surface area contributed by atoms with Crippen LogP contribution in [0.25, 0.3) is 0 Å². The average Bonchev–Trinajstić information content (AvgIpc) is 2.61. The van der Waals surface area contributed by atoms with Crippen molar-refractivity contribution in [2.45, 2.75) is 0 Å². The van der Waals surface area contributed by atoms with Crippen LogP contribution in [0.15, 0.2) is 30.5 Å². The minimum Gasteiger partial charge on any atom is -0.490 e. The second-order valence-corrected chi connectivity index (χ2v) is 6.39. The molecule has 0 N–H and O–H groups in total. The van der Waals surface area contributed by atoms with Crippen LogP contribution in [0.4, 0.5) is 17.2 Å². The van der Waals surface area contributed by atoms with Gasteiger partial charge in [0.1, 0.15) is 5.82 Å². The highest BCUT2D eigenvalue weighted by molar-refractivity contribution is 6.36. The summed E-state index contributed by atoms with van der Waals surface area (Å²) in [7, 11) is 1.43. The fourth-order valence-electron chi connectivity index (χ4n) is 2.83. The van der Waals surface area contributed by atoms with Crippen LogP contribution in [0.1, 0.15) is 0 Å². The minimum atomic E-state index is -0.450. The molecule has 0 atom stereocenters. The van der Waals surface area contributed by atoms with Gasteiger partial charge in [-0.3, -0.25) is 10.1 Å². The Hall–Kier alpha value is -2.25. The van der Waals surface area contributed by atoms with Crippen LogP contribution in [-0.2, 0) is 0 Å². The number of piperazine rings is 1. The third kappa shape index (κ3) is 3.72. The molecule has 0 aliphatic carbocycles. The van der Waals surface area contributed by atoms with Crippen molar-refractivity contribution >= 4 is 40.4 Å². The van der Waals surface area contributed by atoms with Crippen molar-refractivity contribution in [3.63, 3.8) is 0 Å². The third-order valence-corrected chi connectivity index (χ3v) is 4.58. The molecule has 2 aromatic rings. The molecule has 1 aliphatic rings. The number of methoxy groups -OCH3 is 1. The summed E-state index contributed by atoms with van der Waals surface area (Å²) in [5, 5.41) is 12.0. The summed E-state index contributed by atoms with van der Waals surface area (Å²) in [4.78, 5) is 19.1. The largest absolute Gasteiger partial charge is 0.490 e. The molecule has 0 unspecified atom stereocenters. The maximum Gasteiger partial charge on any atom is 0.311 e. The quantitative estimate of drug-likeness (QED) is 0.593. The van der Waals surface area contributed by atoms with Crippen LogP contribution >= 0.6 is 23.2 Å². The van der Waals surface area contributed by atoms with E-state index < -0.39 is 4.92 Å². The van der Waals surface area contributed by atoms with Crippen LogP contribution in [0.5, 0.6) is 5.75 Å². The molecule has 1 fully saturated rings. The Morgan fingerprint density at radius 1 is 1.16 bits per heavy atom. The number of pyridine rings is 1. The Labute approximate surface area is 154 Å². The molecule has 7 nitrogen and oxygen atoms in total. The molecular formula is C16H16Cl2N4O3. The van der Waals surface area contributed by atoms with Gasteiger partial charge in [-0.25, -0.2) is 4.98 Å². The molecule has 0 radical (unpaired) electrons. The molecule has 132 valence electrons. The van der Waals surface area contributed by atoms with Gasteiger partial charge in [-0.15, -0.1) is 0 Å². The fourth-order valence-corrected chi connectivity index (χ4v) is 3.33. The van der Waals surface area contributed by atoms with E-state index in [9.17, 15) is 10.1 Å². The van der Waals surface area contributed by atoms with Gasteiger partial charge < -0.3 is 14.5 Å². The summed E-state index contributed by atoms with van der Waals surface area (Å²) in [6.07, 6.45) is 1.58. The first-order valence-electron chi connectivity index (χ1n) is 7.63. The van der Waals surface area contributed by atoms with E-state index in [4.69, 9.17) is 27.9 Å². The van der Waals surface area contributed by atoms with Gasteiger partial charge in [-0.1, -0.05) is 23.2 Å². The zero-order valence-corrected chi connectivity index (χ0v) is 15.0. The van der Waals surface area contributed by atoms with E-state index in [1.807, 2.05) is 0 Å². The summed E-state index contributed by atoms with van der Waals surface area (Å²) in [6.45, 7) is 2.94. The molecule has 0 saturated carbocycles. The van der Waals surface area contributed by atoms with Crippen LogP contribution < -0.4 is 14.5 Å². The van der Waals surface area contributed by atoms with Crippen molar-refractivity contribution in [3.8, 4) is 5.75 Å². The lowest BCUT2D eigenvalue weighted by Crippen LogP contribution is -2.47. The molecule has 1 aromatic carbocycles. The maximum absolute atomic E-state index is 11.0. The van der Waals surface area contributed by atoms with Gasteiger partial charge in [0.25, 0.3) is 0 Å². The molecule has 0 bridgehead atoms. The van der Waals surface area contributed by atoms with Crippen LogP contribution in [-0.4, -0.2) is 43.2 Å². The highest BCUT2D eigenvalue weighted by atomic mass is 35.5. The van der Waals surface area contributed by atoms with Crippen molar-refractivity contribution in [1.82, 2.24) is 4.98 Å². The monoisotopic (exact) mass is 382 g/mol. The van der Waals surface area contributed by atoms with Crippen molar-refractivity contribution in [3.05, 3.63) is 50.6 Å². The van der Waals surface area contributed by atoms with Crippen molar-refractivity contribution in [2.75, 3.05) is 43.1 Å². The Morgan fingerprint density at radius 3 is 2.44 bits per heavy atom. The smallest absolute Gasteiger partial charge is 0.311 e. The Bertz CT molecular complexity index is 795. The summed E-state index contributed by atoms with van der Waals surface area (Å²) >= 11 is 12.1. The number of aromatic nitrogens is 1. The van der Waals surface area contributed by atoms with Crippen LogP contribution in [0.3, 0.4) is 0 Å². The molecule has 1 aromatic heterocycles. The van der Waals surface area contributed by atoms with E-state index in [-0.39, 0.29) is 11.4 Å². The maximum atomic E-state index is 11.0. The number of nitro groups is 1. The summed E-state index contributed by atoms with van der Waals surface area (Å²) in [6, 6.07) is 6.59. The third-order valence-electron chi connectivity index (χ3n) is 4.09. The molecule has 25 heavy (non-hydrogen) atoms. The number of hydrogen-bond acceptors (Lipinski definition) is 6. The first-order valence-corrected chi connectivity index (χ1v) is 8.38. The van der Waals surface area contributed by atoms with Crippen molar-refractivity contribution < 1.29 is 9.66 Å². The number of anilines is 2. The van der Waals surface area contributed by atoms with E-state index in [0.29, 0.717) is 15.9 Å². The lowest BCUT2D eigenvalue weighted by molar-refractivity contribution is -0.385. The van der Waals surface area contributed by atoms with E-state index >= 15 is 0 Å². The predicted octanol–water partition coefficient (Wildman–Crippen LogP) is 3.63. The lowest BCUT2D eigenvalue weighted by atomic mass is 10.2. The number of nitro benzene ring substituents is 1. The Morgan fingerprint density at radius 2 is 1.84 bits per heavy atom. The predicted molar refractivity (Wildman–Crippen MR) is 98.3 cm³/mol. The molecular weight excluding hydrogens is 367 g/mol. The average molecular weight is 383 g/mol. The normalized spacial score (nSPS) is 14.5. The standard InChI is InChI=1S/C16H16Cl2N4O3/c1-25-15-9-12(2-3-14(15)22(23)24)20-4-6-21(7-5-20)16-13(18)8-11(17)10-19-16/h2-3,8-10H,4-7H2,1H3. The molecule has 2 heterocycles.